The van der Waals surface area contributed by atoms with E-state index < -0.39 is 13.9 Å². The van der Waals surface area contributed by atoms with Gasteiger partial charge >= 0.3 is 13.8 Å². The number of nitrogens with zero attached hydrogens (tertiary/aromatic N) is 1. The lowest BCUT2D eigenvalue weighted by molar-refractivity contribution is -0.870. The maximum atomic E-state index is 13.0. The highest BCUT2D eigenvalue weighted by atomic mass is 31.2. The molecule has 0 aromatic carbocycles. The van der Waals surface area contributed by atoms with E-state index in [1.54, 1.807) is 0 Å². The molecule has 0 radical (unpaired) electrons. The van der Waals surface area contributed by atoms with E-state index in [-0.39, 0.29) is 31.7 Å². The second kappa shape index (κ2) is 35.2. The Morgan fingerprint density at radius 1 is 0.569 bits per heavy atom. The van der Waals surface area contributed by atoms with Gasteiger partial charge in [-0.25, -0.2) is 4.57 Å². The number of ether oxygens (including phenoxy) is 2. The molecule has 0 aromatic heterocycles. The molecule has 0 bridgehead atoms. The lowest BCUT2D eigenvalue weighted by Crippen LogP contribution is -2.37. The van der Waals surface area contributed by atoms with Crippen LogP contribution in [0.5, 0.6) is 0 Å². The first-order valence-electron chi connectivity index (χ1n) is 21.7. The van der Waals surface area contributed by atoms with E-state index in [1.807, 2.05) is 28.1 Å². The zero-order chi connectivity index (χ0) is 37.9. The summed E-state index contributed by atoms with van der Waals surface area (Å²) in [5.41, 5.74) is 0. The number of unbranched alkanes of at least 4 members (excludes halogenated alkanes) is 25. The Hall–Kier alpha value is -0.500. The number of likely N-dealkylation sites (N-methyl/N-ethyl adjacent to an activating group) is 1. The molecule has 0 aliphatic heterocycles. The van der Waals surface area contributed by atoms with Crippen LogP contribution in [0.25, 0.3) is 0 Å². The monoisotopic (exact) mass is 749 g/mol. The van der Waals surface area contributed by atoms with Crippen LogP contribution in [0.1, 0.15) is 201 Å². The fraction of sp³-hybridized carbons (Fsp3) is 0.976. The van der Waals surface area contributed by atoms with Crippen LogP contribution in [0.4, 0.5) is 0 Å². The molecule has 0 saturated carbocycles. The Labute approximate surface area is 317 Å². The fourth-order valence-corrected chi connectivity index (χ4v) is 6.98. The molecule has 0 fully saturated rings. The van der Waals surface area contributed by atoms with E-state index in [9.17, 15) is 14.3 Å². The van der Waals surface area contributed by atoms with Gasteiger partial charge in [-0.05, 0) is 12.8 Å². The number of hydrogen-bond donors (Lipinski definition) is 1. The molecule has 0 heterocycles. The molecule has 0 aliphatic rings. The van der Waals surface area contributed by atoms with Gasteiger partial charge in [0.1, 0.15) is 19.3 Å². The highest BCUT2D eigenvalue weighted by molar-refractivity contribution is 7.47. The zero-order valence-electron chi connectivity index (χ0n) is 34.8. The molecule has 0 saturated heterocycles. The van der Waals surface area contributed by atoms with Crippen molar-refractivity contribution >= 4 is 13.8 Å². The third kappa shape index (κ3) is 37.6. The molecule has 51 heavy (non-hydrogen) atoms. The predicted molar refractivity (Wildman–Crippen MR) is 215 cm³/mol. The first kappa shape index (κ1) is 50.5. The summed E-state index contributed by atoms with van der Waals surface area (Å²) in [6.45, 7) is 7.55. The summed E-state index contributed by atoms with van der Waals surface area (Å²) >= 11 is 0. The minimum atomic E-state index is -4.28. The first-order valence-corrected chi connectivity index (χ1v) is 23.2. The number of esters is 1. The van der Waals surface area contributed by atoms with Gasteiger partial charge in [0.2, 0.25) is 0 Å². The van der Waals surface area contributed by atoms with Gasteiger partial charge in [-0.15, -0.1) is 0 Å². The third-order valence-corrected chi connectivity index (χ3v) is 10.8. The topological polar surface area (TPSA) is 91.3 Å². The van der Waals surface area contributed by atoms with Crippen molar-refractivity contribution in [2.24, 2.45) is 5.92 Å². The van der Waals surface area contributed by atoms with Crippen molar-refractivity contribution in [2.45, 2.75) is 207 Å². The van der Waals surface area contributed by atoms with Gasteiger partial charge in [0.25, 0.3) is 0 Å². The summed E-state index contributed by atoms with van der Waals surface area (Å²) in [5, 5.41) is 0. The number of phosphoric acid groups is 1. The van der Waals surface area contributed by atoms with E-state index in [4.69, 9.17) is 18.5 Å². The van der Waals surface area contributed by atoms with Crippen molar-refractivity contribution in [3.8, 4) is 0 Å². The van der Waals surface area contributed by atoms with Gasteiger partial charge in [-0.3, -0.25) is 13.8 Å². The van der Waals surface area contributed by atoms with E-state index in [2.05, 4.69) is 13.8 Å². The van der Waals surface area contributed by atoms with Gasteiger partial charge in [0.15, 0.2) is 0 Å². The Morgan fingerprint density at radius 2 is 0.961 bits per heavy atom. The second-order valence-corrected chi connectivity index (χ2v) is 17.7. The van der Waals surface area contributed by atoms with E-state index in [0.717, 1.165) is 32.1 Å². The molecule has 1 N–H and O–H groups in total. The molecule has 306 valence electrons. The Bertz CT molecular complexity index is 807. The lowest BCUT2D eigenvalue weighted by atomic mass is 10.0. The molecular weight excluding hydrogens is 661 g/mol. The van der Waals surface area contributed by atoms with Gasteiger partial charge < -0.3 is 18.9 Å². The van der Waals surface area contributed by atoms with Crippen molar-refractivity contribution in [1.29, 1.82) is 0 Å². The van der Waals surface area contributed by atoms with Crippen molar-refractivity contribution in [1.82, 2.24) is 0 Å². The molecule has 0 rings (SSSR count). The molecule has 0 amide bonds. The first-order chi connectivity index (χ1) is 24.5. The van der Waals surface area contributed by atoms with E-state index >= 15 is 0 Å². The van der Waals surface area contributed by atoms with Gasteiger partial charge in [0.05, 0.1) is 40.3 Å². The standard InChI is InChI=1S/C42H86NO7P/c1-7-9-11-13-15-17-19-21-23-25-27-29-31-33-36-47-38-41(39-49-51(45,46)48-37-35-43(4,5)6)50-42(44)40(3)34-32-30-28-26-24-22-20-18-16-14-12-10-8-2/h40-41H,7-39H2,1-6H3/p+1/t40-,41+/m0/s1. The molecular formula is C42H87NO7P+. The molecule has 0 spiro atoms. The summed E-state index contributed by atoms with van der Waals surface area (Å²) in [6.07, 6.45) is 35.0. The van der Waals surface area contributed by atoms with Gasteiger partial charge in [0, 0.05) is 6.61 Å². The SMILES string of the molecule is CCCCCCCCCCCCCCCCOC[C@H](COP(=O)(O)OCC[N+](C)(C)C)OC(=O)[C@@H](C)CCCCCCCCCCCCCCC. The summed E-state index contributed by atoms with van der Waals surface area (Å²) in [7, 11) is 1.67. The average Bonchev–Trinajstić information content (AvgIpc) is 3.08. The minimum absolute atomic E-state index is 0.0908. The Kier molecular flexibility index (Phi) is 34.9. The average molecular weight is 749 g/mol. The molecule has 1 unspecified atom stereocenters. The quantitative estimate of drug-likeness (QED) is 0.0289. The van der Waals surface area contributed by atoms with Crippen LogP contribution in [0.15, 0.2) is 0 Å². The number of phosphoric ester groups is 1. The Balaban J connectivity index is 4.34. The number of hydrogen-bond acceptors (Lipinski definition) is 6. The predicted octanol–water partition coefficient (Wildman–Crippen LogP) is 12.4. The van der Waals surface area contributed by atoms with Crippen LogP contribution in [0.3, 0.4) is 0 Å². The summed E-state index contributed by atoms with van der Waals surface area (Å²) in [6, 6.07) is 0. The van der Waals surface area contributed by atoms with E-state index in [0.29, 0.717) is 17.6 Å². The maximum Gasteiger partial charge on any atom is 0.472 e. The minimum Gasteiger partial charge on any atom is -0.457 e. The van der Waals surface area contributed by atoms with Crippen molar-refractivity contribution in [2.75, 3.05) is 54.1 Å². The highest BCUT2D eigenvalue weighted by Crippen LogP contribution is 2.43. The van der Waals surface area contributed by atoms with Crippen LogP contribution in [0.2, 0.25) is 0 Å². The van der Waals surface area contributed by atoms with Crippen molar-refractivity contribution < 1.29 is 37.3 Å². The normalized spacial score (nSPS) is 14.4. The molecule has 3 atom stereocenters. The zero-order valence-corrected chi connectivity index (χ0v) is 35.7. The van der Waals surface area contributed by atoms with Crippen LogP contribution < -0.4 is 0 Å². The van der Waals surface area contributed by atoms with Crippen LogP contribution in [0, 0.1) is 5.92 Å². The number of carbonyl (C=O) groups is 1. The third-order valence-electron chi connectivity index (χ3n) is 9.81. The number of quaternary nitrogens is 1. The van der Waals surface area contributed by atoms with E-state index in [1.165, 1.54) is 148 Å². The van der Waals surface area contributed by atoms with Crippen LogP contribution in [-0.2, 0) is 27.9 Å². The fourth-order valence-electron chi connectivity index (χ4n) is 6.24. The van der Waals surface area contributed by atoms with Gasteiger partial charge in [-0.1, -0.05) is 188 Å². The van der Waals surface area contributed by atoms with Crippen molar-refractivity contribution in [3.05, 3.63) is 0 Å². The highest BCUT2D eigenvalue weighted by Gasteiger charge is 2.27. The summed E-state index contributed by atoms with van der Waals surface area (Å²) in [5.74, 6) is -0.547. The largest absolute Gasteiger partial charge is 0.472 e. The molecule has 8 nitrogen and oxygen atoms in total. The number of rotatable bonds is 40. The van der Waals surface area contributed by atoms with Crippen LogP contribution in [-0.4, -0.2) is 75.6 Å². The lowest BCUT2D eigenvalue weighted by Gasteiger charge is -2.24. The molecule has 0 aromatic rings. The Morgan fingerprint density at radius 3 is 1.37 bits per heavy atom. The molecule has 0 aliphatic carbocycles. The second-order valence-electron chi connectivity index (χ2n) is 16.3. The molecule has 9 heteroatoms. The summed E-state index contributed by atoms with van der Waals surface area (Å²) < 4.78 is 35.2. The van der Waals surface area contributed by atoms with Gasteiger partial charge in [-0.2, -0.15) is 0 Å². The number of carbonyl (C=O) groups excluding carboxylic acids is 1. The van der Waals surface area contributed by atoms with Crippen LogP contribution >= 0.6 is 7.82 Å². The summed E-state index contributed by atoms with van der Waals surface area (Å²) in [4.78, 5) is 23.2. The van der Waals surface area contributed by atoms with Crippen molar-refractivity contribution in [3.63, 3.8) is 0 Å². The maximum absolute atomic E-state index is 13.0. The smallest absolute Gasteiger partial charge is 0.457 e.